The van der Waals surface area contributed by atoms with Gasteiger partial charge in [0, 0.05) is 12.1 Å². The number of hydrogen-bond acceptors (Lipinski definition) is 3. The van der Waals surface area contributed by atoms with E-state index in [0.717, 1.165) is 47.6 Å². The molecule has 3 heteroatoms. The van der Waals surface area contributed by atoms with Crippen LogP contribution in [0, 0.1) is 20.8 Å². The summed E-state index contributed by atoms with van der Waals surface area (Å²) in [7, 11) is 0. The first-order valence-electron chi connectivity index (χ1n) is 9.70. The number of rotatable bonds is 9. The molecular formula is C24H31NO2. The lowest BCUT2D eigenvalue weighted by molar-refractivity contribution is 0.104. The zero-order valence-corrected chi connectivity index (χ0v) is 17.2. The highest BCUT2D eigenvalue weighted by molar-refractivity contribution is 6.07. The first kappa shape index (κ1) is 20.9. The second-order valence-corrected chi connectivity index (χ2v) is 6.87. The Morgan fingerprint density at radius 3 is 2.22 bits per heavy atom. The van der Waals surface area contributed by atoms with Crippen molar-refractivity contribution in [1.82, 2.24) is 4.90 Å². The Morgan fingerprint density at radius 2 is 1.63 bits per heavy atom. The highest BCUT2D eigenvalue weighted by Gasteiger charge is 2.11. The molecule has 3 nitrogen and oxygen atoms in total. The van der Waals surface area contributed by atoms with Gasteiger partial charge in [0.25, 0.3) is 0 Å². The monoisotopic (exact) mass is 365 g/mol. The van der Waals surface area contributed by atoms with Crippen LogP contribution in [0.25, 0.3) is 6.08 Å². The third-order valence-corrected chi connectivity index (χ3v) is 4.90. The highest BCUT2D eigenvalue weighted by Crippen LogP contribution is 2.25. The number of hydrogen-bond donors (Lipinski definition) is 0. The molecule has 0 aliphatic carbocycles. The van der Waals surface area contributed by atoms with Crippen LogP contribution in [-0.2, 0) is 0 Å². The van der Waals surface area contributed by atoms with Crippen molar-refractivity contribution in [2.45, 2.75) is 34.6 Å². The summed E-state index contributed by atoms with van der Waals surface area (Å²) < 4.78 is 6.01. The number of aryl methyl sites for hydroxylation is 3. The number of carbonyl (C=O) groups excluding carboxylic acids is 1. The Balaban J connectivity index is 2.09. The summed E-state index contributed by atoms with van der Waals surface area (Å²) in [4.78, 5) is 14.9. The quantitative estimate of drug-likeness (QED) is 0.450. The molecule has 0 aromatic heterocycles. The first-order valence-corrected chi connectivity index (χ1v) is 9.70. The molecule has 2 aromatic carbocycles. The van der Waals surface area contributed by atoms with Crippen molar-refractivity contribution in [3.63, 3.8) is 0 Å². The standard InChI is InChI=1S/C24H31NO2/c1-6-25(7-2)14-15-27-24-19(4)16-22(17-20(24)5)23(26)13-12-21-11-9-8-10-18(21)3/h8-13,16-17H,6-7,14-15H2,1-5H3. The molecule has 0 radical (unpaired) electrons. The average molecular weight is 366 g/mol. The van der Waals surface area contributed by atoms with E-state index in [1.807, 2.05) is 63.2 Å². The van der Waals surface area contributed by atoms with Gasteiger partial charge in [0.05, 0.1) is 0 Å². The van der Waals surface area contributed by atoms with Crippen LogP contribution in [0.15, 0.2) is 42.5 Å². The van der Waals surface area contributed by atoms with E-state index in [1.54, 1.807) is 6.08 Å². The fourth-order valence-corrected chi connectivity index (χ4v) is 3.17. The third kappa shape index (κ3) is 5.80. The van der Waals surface area contributed by atoms with E-state index in [4.69, 9.17) is 4.74 Å². The Morgan fingerprint density at radius 1 is 1.00 bits per heavy atom. The number of carbonyl (C=O) groups is 1. The van der Waals surface area contributed by atoms with Crippen LogP contribution in [0.4, 0.5) is 0 Å². The maximum absolute atomic E-state index is 12.6. The normalized spacial score (nSPS) is 11.3. The van der Waals surface area contributed by atoms with Gasteiger partial charge in [-0.15, -0.1) is 0 Å². The Kier molecular flexibility index (Phi) is 7.81. The fraction of sp³-hybridized carbons (Fsp3) is 0.375. The number of nitrogens with zero attached hydrogens (tertiary/aromatic N) is 1. The summed E-state index contributed by atoms with van der Waals surface area (Å²) in [6, 6.07) is 11.9. The summed E-state index contributed by atoms with van der Waals surface area (Å²) in [6.07, 6.45) is 3.54. The van der Waals surface area contributed by atoms with Crippen LogP contribution in [0.3, 0.4) is 0 Å². The van der Waals surface area contributed by atoms with Gasteiger partial charge in [0.15, 0.2) is 5.78 Å². The Labute approximate surface area is 163 Å². The summed E-state index contributed by atoms with van der Waals surface area (Å²) >= 11 is 0. The molecule has 2 aromatic rings. The van der Waals surface area contributed by atoms with Crippen LogP contribution < -0.4 is 4.74 Å². The van der Waals surface area contributed by atoms with Gasteiger partial charge in [-0.25, -0.2) is 0 Å². The number of benzene rings is 2. The molecule has 0 saturated heterocycles. The lowest BCUT2D eigenvalue weighted by Crippen LogP contribution is -2.28. The van der Waals surface area contributed by atoms with Crippen LogP contribution in [0.1, 0.15) is 46.5 Å². The van der Waals surface area contributed by atoms with E-state index in [-0.39, 0.29) is 5.78 Å². The topological polar surface area (TPSA) is 29.5 Å². The van der Waals surface area contributed by atoms with E-state index in [2.05, 4.69) is 18.7 Å². The van der Waals surface area contributed by atoms with E-state index in [0.29, 0.717) is 12.2 Å². The molecule has 2 rings (SSSR count). The van der Waals surface area contributed by atoms with Crippen molar-refractivity contribution in [3.8, 4) is 5.75 Å². The van der Waals surface area contributed by atoms with Crippen molar-refractivity contribution in [3.05, 3.63) is 70.3 Å². The van der Waals surface area contributed by atoms with Gasteiger partial charge in [-0.2, -0.15) is 0 Å². The summed E-state index contributed by atoms with van der Waals surface area (Å²) in [6.45, 7) is 14.0. The van der Waals surface area contributed by atoms with Crippen molar-refractivity contribution in [2.24, 2.45) is 0 Å². The molecule has 0 heterocycles. The molecular weight excluding hydrogens is 334 g/mol. The molecule has 0 aliphatic heterocycles. The number of ketones is 1. The molecule has 0 fully saturated rings. The highest BCUT2D eigenvalue weighted by atomic mass is 16.5. The first-order chi connectivity index (χ1) is 13.0. The van der Waals surface area contributed by atoms with Crippen molar-refractivity contribution in [1.29, 1.82) is 0 Å². The Bertz CT molecular complexity index is 781. The van der Waals surface area contributed by atoms with E-state index < -0.39 is 0 Å². The Hall–Kier alpha value is -2.39. The molecule has 144 valence electrons. The second kappa shape index (κ2) is 10.1. The second-order valence-electron chi connectivity index (χ2n) is 6.87. The third-order valence-electron chi connectivity index (χ3n) is 4.90. The van der Waals surface area contributed by atoms with Crippen LogP contribution in [0.2, 0.25) is 0 Å². The van der Waals surface area contributed by atoms with Gasteiger partial charge < -0.3 is 9.64 Å². The molecule has 0 spiro atoms. The minimum absolute atomic E-state index is 0.0131. The maximum atomic E-state index is 12.6. The van der Waals surface area contributed by atoms with E-state index in [9.17, 15) is 4.79 Å². The van der Waals surface area contributed by atoms with Gasteiger partial charge in [0.1, 0.15) is 12.4 Å². The lowest BCUT2D eigenvalue weighted by atomic mass is 10.0. The predicted octanol–water partition coefficient (Wildman–Crippen LogP) is 5.23. The molecule has 0 atom stereocenters. The number of likely N-dealkylation sites (N-methyl/N-ethyl adjacent to an activating group) is 1. The number of ether oxygens (including phenoxy) is 1. The van der Waals surface area contributed by atoms with Gasteiger partial charge in [-0.3, -0.25) is 4.79 Å². The smallest absolute Gasteiger partial charge is 0.185 e. The van der Waals surface area contributed by atoms with Crippen molar-refractivity contribution in [2.75, 3.05) is 26.2 Å². The van der Waals surface area contributed by atoms with E-state index in [1.165, 1.54) is 0 Å². The van der Waals surface area contributed by atoms with Gasteiger partial charge >= 0.3 is 0 Å². The van der Waals surface area contributed by atoms with Gasteiger partial charge in [-0.1, -0.05) is 44.2 Å². The molecule has 27 heavy (non-hydrogen) atoms. The lowest BCUT2D eigenvalue weighted by Gasteiger charge is -2.19. The zero-order chi connectivity index (χ0) is 19.8. The van der Waals surface area contributed by atoms with Gasteiger partial charge in [0.2, 0.25) is 0 Å². The predicted molar refractivity (Wildman–Crippen MR) is 114 cm³/mol. The average Bonchev–Trinajstić information content (AvgIpc) is 2.66. The summed E-state index contributed by atoms with van der Waals surface area (Å²) in [5.74, 6) is 0.903. The van der Waals surface area contributed by atoms with Crippen molar-refractivity contribution < 1.29 is 9.53 Å². The minimum Gasteiger partial charge on any atom is -0.492 e. The molecule has 0 amide bonds. The minimum atomic E-state index is 0.0131. The SMILES string of the molecule is CCN(CC)CCOc1c(C)cc(C(=O)C=Cc2ccccc2C)cc1C. The maximum Gasteiger partial charge on any atom is 0.185 e. The summed E-state index contributed by atoms with van der Waals surface area (Å²) in [5, 5.41) is 0. The zero-order valence-electron chi connectivity index (χ0n) is 17.2. The molecule has 0 unspecified atom stereocenters. The van der Waals surface area contributed by atoms with Crippen LogP contribution in [0.5, 0.6) is 5.75 Å². The largest absolute Gasteiger partial charge is 0.492 e. The molecule has 0 saturated carbocycles. The van der Waals surface area contributed by atoms with E-state index >= 15 is 0 Å². The van der Waals surface area contributed by atoms with Crippen LogP contribution in [-0.4, -0.2) is 36.9 Å². The molecule has 0 aliphatic rings. The molecule has 0 bridgehead atoms. The van der Waals surface area contributed by atoms with Crippen LogP contribution >= 0.6 is 0 Å². The van der Waals surface area contributed by atoms with Gasteiger partial charge in [-0.05, 0) is 74.3 Å². The summed E-state index contributed by atoms with van der Waals surface area (Å²) in [5.41, 5.74) is 4.93. The number of allylic oxidation sites excluding steroid dienone is 1. The molecule has 0 N–H and O–H groups in total. The van der Waals surface area contributed by atoms with Crippen molar-refractivity contribution >= 4 is 11.9 Å². The fourth-order valence-electron chi connectivity index (χ4n) is 3.17.